The third kappa shape index (κ3) is 3.38. The van der Waals surface area contributed by atoms with Crippen molar-refractivity contribution in [1.82, 2.24) is 10.3 Å². The van der Waals surface area contributed by atoms with E-state index < -0.39 is 0 Å². The molecule has 0 radical (unpaired) electrons. The molecule has 5 nitrogen and oxygen atoms in total. The minimum Gasteiger partial charge on any atom is -0.382 e. The number of hydrogen-bond acceptors (Lipinski definition) is 5. The average molecular weight is 278 g/mol. The van der Waals surface area contributed by atoms with E-state index in [1.54, 1.807) is 0 Å². The lowest BCUT2D eigenvalue weighted by Gasteiger charge is -2.25. The number of amides is 1. The summed E-state index contributed by atoms with van der Waals surface area (Å²) in [6, 6.07) is 0. The fourth-order valence-electron chi connectivity index (χ4n) is 2.03. The first-order chi connectivity index (χ1) is 9.22. The third-order valence-electron chi connectivity index (χ3n) is 3.03. The molecule has 19 heavy (non-hydrogen) atoms. The van der Waals surface area contributed by atoms with Crippen LogP contribution in [0.25, 0.3) is 0 Å². The SMILES string of the molecule is C#CCCNC(=O)c1sc(N2CCCCC2)nc1N. The number of piperidine rings is 1. The van der Waals surface area contributed by atoms with Crippen LogP contribution in [0.2, 0.25) is 0 Å². The van der Waals surface area contributed by atoms with Crippen LogP contribution in [0.3, 0.4) is 0 Å². The number of aromatic nitrogens is 1. The molecule has 2 heterocycles. The highest BCUT2D eigenvalue weighted by atomic mass is 32.1. The summed E-state index contributed by atoms with van der Waals surface area (Å²) >= 11 is 1.36. The zero-order valence-electron chi connectivity index (χ0n) is 10.8. The van der Waals surface area contributed by atoms with E-state index in [0.29, 0.717) is 23.7 Å². The Balaban J connectivity index is 2.03. The predicted molar refractivity (Wildman–Crippen MR) is 78.4 cm³/mol. The van der Waals surface area contributed by atoms with Crippen molar-refractivity contribution in [1.29, 1.82) is 0 Å². The third-order valence-corrected chi connectivity index (χ3v) is 4.16. The standard InChI is InChI=1S/C13H18N4OS/c1-2-3-7-15-12(18)10-11(14)16-13(19-10)17-8-5-4-6-9-17/h1H,3-9,14H2,(H,15,18). The van der Waals surface area contributed by atoms with E-state index in [2.05, 4.69) is 21.1 Å². The van der Waals surface area contributed by atoms with Gasteiger partial charge in [0, 0.05) is 26.1 Å². The molecule has 1 saturated heterocycles. The van der Waals surface area contributed by atoms with E-state index in [4.69, 9.17) is 12.2 Å². The maximum absolute atomic E-state index is 11.9. The van der Waals surface area contributed by atoms with Gasteiger partial charge in [-0.25, -0.2) is 4.98 Å². The van der Waals surface area contributed by atoms with Gasteiger partial charge in [0.15, 0.2) is 5.13 Å². The van der Waals surface area contributed by atoms with Crippen molar-refractivity contribution in [3.8, 4) is 12.3 Å². The lowest BCUT2D eigenvalue weighted by atomic mass is 10.1. The van der Waals surface area contributed by atoms with Gasteiger partial charge in [-0.1, -0.05) is 11.3 Å². The monoisotopic (exact) mass is 278 g/mol. The molecular formula is C13H18N4OS. The Bertz CT molecular complexity index is 485. The summed E-state index contributed by atoms with van der Waals surface area (Å²) in [4.78, 5) is 18.9. The van der Waals surface area contributed by atoms with E-state index in [9.17, 15) is 4.79 Å². The molecule has 102 valence electrons. The van der Waals surface area contributed by atoms with Crippen LogP contribution in [0.4, 0.5) is 10.9 Å². The molecule has 1 aliphatic heterocycles. The van der Waals surface area contributed by atoms with Crippen LogP contribution in [0.15, 0.2) is 0 Å². The van der Waals surface area contributed by atoms with Crippen molar-refractivity contribution >= 4 is 28.2 Å². The molecule has 1 aromatic rings. The molecule has 0 unspecified atom stereocenters. The highest BCUT2D eigenvalue weighted by Crippen LogP contribution is 2.29. The van der Waals surface area contributed by atoms with Crippen LogP contribution < -0.4 is 16.0 Å². The number of hydrogen-bond donors (Lipinski definition) is 2. The van der Waals surface area contributed by atoms with Gasteiger partial charge in [-0.2, -0.15) is 0 Å². The highest BCUT2D eigenvalue weighted by molar-refractivity contribution is 7.18. The quantitative estimate of drug-likeness (QED) is 0.646. The predicted octanol–water partition coefficient (Wildman–Crippen LogP) is 1.47. The van der Waals surface area contributed by atoms with Gasteiger partial charge < -0.3 is 16.0 Å². The number of nitrogens with one attached hydrogen (secondary N) is 1. The maximum atomic E-state index is 11.9. The number of carbonyl (C=O) groups excluding carboxylic acids is 1. The van der Waals surface area contributed by atoms with Crippen molar-refractivity contribution < 1.29 is 4.79 Å². The van der Waals surface area contributed by atoms with Gasteiger partial charge in [0.25, 0.3) is 5.91 Å². The first-order valence-corrected chi connectivity index (χ1v) is 7.27. The van der Waals surface area contributed by atoms with Crippen molar-refractivity contribution in [2.75, 3.05) is 30.3 Å². The second-order valence-electron chi connectivity index (χ2n) is 4.47. The summed E-state index contributed by atoms with van der Waals surface area (Å²) in [6.07, 6.45) is 9.26. The molecule has 0 aliphatic carbocycles. The van der Waals surface area contributed by atoms with Crippen LogP contribution in [0.1, 0.15) is 35.4 Å². The summed E-state index contributed by atoms with van der Waals surface area (Å²) in [5, 5.41) is 3.59. The molecule has 0 atom stereocenters. The minimum absolute atomic E-state index is 0.187. The van der Waals surface area contributed by atoms with E-state index >= 15 is 0 Å². The zero-order valence-corrected chi connectivity index (χ0v) is 11.6. The Labute approximate surface area is 117 Å². The van der Waals surface area contributed by atoms with Crippen molar-refractivity contribution in [2.45, 2.75) is 25.7 Å². The Kier molecular flexibility index (Phi) is 4.63. The number of rotatable bonds is 4. The topological polar surface area (TPSA) is 71.2 Å². The van der Waals surface area contributed by atoms with Crippen LogP contribution in [0.5, 0.6) is 0 Å². The molecule has 1 aromatic heterocycles. The molecule has 1 aliphatic rings. The molecule has 1 amide bonds. The molecular weight excluding hydrogens is 260 g/mol. The van der Waals surface area contributed by atoms with Gasteiger partial charge in [0.1, 0.15) is 10.7 Å². The number of anilines is 2. The van der Waals surface area contributed by atoms with E-state index in [0.717, 1.165) is 18.2 Å². The van der Waals surface area contributed by atoms with Crippen molar-refractivity contribution in [3.63, 3.8) is 0 Å². The lowest BCUT2D eigenvalue weighted by Crippen LogP contribution is -2.29. The molecule has 2 rings (SSSR count). The van der Waals surface area contributed by atoms with E-state index in [1.807, 2.05) is 0 Å². The summed E-state index contributed by atoms with van der Waals surface area (Å²) in [7, 11) is 0. The molecule has 0 bridgehead atoms. The second-order valence-corrected chi connectivity index (χ2v) is 5.45. The lowest BCUT2D eigenvalue weighted by molar-refractivity contribution is 0.0959. The number of carbonyl (C=O) groups is 1. The van der Waals surface area contributed by atoms with Crippen LogP contribution in [-0.4, -0.2) is 30.5 Å². The van der Waals surface area contributed by atoms with Crippen LogP contribution in [-0.2, 0) is 0 Å². The number of nitrogens with two attached hydrogens (primary N) is 1. The van der Waals surface area contributed by atoms with Crippen molar-refractivity contribution in [3.05, 3.63) is 4.88 Å². The number of terminal acetylenes is 1. The van der Waals surface area contributed by atoms with Gasteiger partial charge in [-0.3, -0.25) is 4.79 Å². The fraction of sp³-hybridized carbons (Fsp3) is 0.538. The summed E-state index contributed by atoms with van der Waals surface area (Å²) in [5.74, 6) is 2.60. The zero-order chi connectivity index (χ0) is 13.7. The molecule has 0 aromatic carbocycles. The summed E-state index contributed by atoms with van der Waals surface area (Å²) < 4.78 is 0. The fourth-order valence-corrected chi connectivity index (χ4v) is 2.99. The first-order valence-electron chi connectivity index (χ1n) is 6.45. The Morgan fingerprint density at radius 3 is 2.89 bits per heavy atom. The normalized spacial score (nSPS) is 15.0. The molecule has 6 heteroatoms. The van der Waals surface area contributed by atoms with Gasteiger partial charge in [-0.15, -0.1) is 12.3 Å². The second kappa shape index (κ2) is 6.43. The molecule has 1 fully saturated rings. The molecule has 3 N–H and O–H groups in total. The summed E-state index contributed by atoms with van der Waals surface area (Å²) in [6.45, 7) is 2.45. The van der Waals surface area contributed by atoms with Gasteiger partial charge >= 0.3 is 0 Å². The first kappa shape index (κ1) is 13.7. The number of nitrogens with zero attached hydrogens (tertiary/aromatic N) is 2. The average Bonchev–Trinajstić information content (AvgIpc) is 2.82. The number of thiazole rings is 1. The minimum atomic E-state index is -0.187. The van der Waals surface area contributed by atoms with E-state index in [1.165, 1.54) is 30.6 Å². The Morgan fingerprint density at radius 1 is 1.47 bits per heavy atom. The largest absolute Gasteiger partial charge is 0.382 e. The van der Waals surface area contributed by atoms with Gasteiger partial charge in [0.2, 0.25) is 0 Å². The Hall–Kier alpha value is -1.74. The Morgan fingerprint density at radius 2 is 2.21 bits per heavy atom. The molecule has 0 saturated carbocycles. The molecule has 0 spiro atoms. The van der Waals surface area contributed by atoms with Gasteiger partial charge in [-0.05, 0) is 19.3 Å². The van der Waals surface area contributed by atoms with Crippen LogP contribution in [0, 0.1) is 12.3 Å². The smallest absolute Gasteiger partial charge is 0.265 e. The highest BCUT2D eigenvalue weighted by Gasteiger charge is 2.20. The number of nitrogen functional groups attached to an aromatic ring is 1. The van der Waals surface area contributed by atoms with E-state index in [-0.39, 0.29) is 5.91 Å². The van der Waals surface area contributed by atoms with Crippen molar-refractivity contribution in [2.24, 2.45) is 0 Å². The summed E-state index contributed by atoms with van der Waals surface area (Å²) in [5.41, 5.74) is 5.82. The van der Waals surface area contributed by atoms with Gasteiger partial charge in [0.05, 0.1) is 0 Å². The maximum Gasteiger partial charge on any atom is 0.265 e. The van der Waals surface area contributed by atoms with Crippen LogP contribution >= 0.6 is 11.3 Å².